The van der Waals surface area contributed by atoms with E-state index in [1.165, 1.54) is 18.6 Å². The van der Waals surface area contributed by atoms with E-state index in [-0.39, 0.29) is 46.8 Å². The lowest BCUT2D eigenvalue weighted by atomic mass is 10.2. The predicted molar refractivity (Wildman–Crippen MR) is 107 cm³/mol. The molecule has 1 aliphatic heterocycles. The van der Waals surface area contributed by atoms with Gasteiger partial charge >= 0.3 is 0 Å². The summed E-state index contributed by atoms with van der Waals surface area (Å²) in [7, 11) is 0. The first-order valence-corrected chi connectivity index (χ1v) is 9.69. The molecular formula is C20H14F5N7O. The van der Waals surface area contributed by atoms with Crippen molar-refractivity contribution in [3.05, 3.63) is 59.9 Å². The Morgan fingerprint density at radius 3 is 2.64 bits per heavy atom. The Balaban J connectivity index is 1.34. The van der Waals surface area contributed by atoms with Gasteiger partial charge in [0.15, 0.2) is 29.0 Å². The summed E-state index contributed by atoms with van der Waals surface area (Å²) in [6.07, 6.45) is 3.42. The molecule has 13 heteroatoms. The molecular weight excluding hydrogens is 449 g/mol. The molecule has 5 rings (SSSR count). The van der Waals surface area contributed by atoms with Crippen LogP contribution < -0.4 is 10.2 Å². The Kier molecular flexibility index (Phi) is 4.76. The van der Waals surface area contributed by atoms with Gasteiger partial charge in [-0.15, -0.1) is 5.10 Å². The summed E-state index contributed by atoms with van der Waals surface area (Å²) in [5.41, 5.74) is 0.460. The van der Waals surface area contributed by atoms with E-state index in [1.807, 2.05) is 0 Å². The number of benzene rings is 1. The SMILES string of the molecule is O=C(Nc1c[nH]c2cc(F)c(F)cc12)c1cn(-c2cnc(N3CCC(F)(F)C3)c(F)c2)nn1. The highest BCUT2D eigenvalue weighted by molar-refractivity contribution is 6.07. The number of fused-ring (bicyclic) bond motifs is 1. The van der Waals surface area contributed by atoms with Crippen LogP contribution in [0, 0.1) is 17.5 Å². The average Bonchev–Trinajstić information content (AvgIpc) is 3.48. The summed E-state index contributed by atoms with van der Waals surface area (Å²) in [6, 6.07) is 2.96. The van der Waals surface area contributed by atoms with Crippen molar-refractivity contribution in [1.29, 1.82) is 0 Å². The molecule has 1 amide bonds. The zero-order valence-corrected chi connectivity index (χ0v) is 16.6. The van der Waals surface area contributed by atoms with Crippen molar-refractivity contribution in [2.45, 2.75) is 12.3 Å². The molecule has 1 fully saturated rings. The Hall–Kier alpha value is -4.03. The maximum atomic E-state index is 14.5. The largest absolute Gasteiger partial charge is 0.359 e. The lowest BCUT2D eigenvalue weighted by molar-refractivity contribution is 0.0256. The van der Waals surface area contributed by atoms with Gasteiger partial charge in [-0.2, -0.15) is 0 Å². The fourth-order valence-corrected chi connectivity index (χ4v) is 3.60. The molecule has 0 aliphatic carbocycles. The van der Waals surface area contributed by atoms with E-state index < -0.39 is 35.8 Å². The molecule has 0 saturated carbocycles. The van der Waals surface area contributed by atoms with Crippen molar-refractivity contribution in [2.24, 2.45) is 0 Å². The van der Waals surface area contributed by atoms with Crippen LogP contribution in [0.2, 0.25) is 0 Å². The number of aromatic nitrogens is 5. The molecule has 0 atom stereocenters. The molecule has 170 valence electrons. The van der Waals surface area contributed by atoms with Gasteiger partial charge in [-0.3, -0.25) is 4.79 Å². The quantitative estimate of drug-likeness (QED) is 0.451. The van der Waals surface area contributed by atoms with Crippen LogP contribution in [0.15, 0.2) is 36.8 Å². The molecule has 1 aliphatic rings. The lowest BCUT2D eigenvalue weighted by Crippen LogP contribution is -2.26. The minimum absolute atomic E-state index is 0.0196. The number of nitrogens with zero attached hydrogens (tertiary/aromatic N) is 5. The number of anilines is 2. The molecule has 1 aromatic carbocycles. The van der Waals surface area contributed by atoms with Crippen molar-refractivity contribution in [3.63, 3.8) is 0 Å². The number of halogens is 5. The first-order valence-electron chi connectivity index (χ1n) is 9.69. The second-order valence-corrected chi connectivity index (χ2v) is 7.54. The van der Waals surface area contributed by atoms with Gasteiger partial charge in [-0.1, -0.05) is 5.21 Å². The summed E-state index contributed by atoms with van der Waals surface area (Å²) in [5.74, 6) is -6.71. The second-order valence-electron chi connectivity index (χ2n) is 7.54. The Labute approximate surface area is 182 Å². The molecule has 3 aromatic heterocycles. The maximum absolute atomic E-state index is 14.5. The van der Waals surface area contributed by atoms with E-state index >= 15 is 0 Å². The standard InChI is InChI=1S/C20H14F5N7O/c21-12-4-11-15(5-13(12)22)26-7-16(11)28-19(33)17-8-32(30-29-17)10-3-14(23)18(27-6-10)31-2-1-20(24,25)9-31/h3-8,26H,1-2,9H2,(H,28,33). The lowest BCUT2D eigenvalue weighted by Gasteiger charge is -2.17. The van der Waals surface area contributed by atoms with Crippen LogP contribution in [-0.4, -0.2) is 49.9 Å². The fraction of sp³-hybridized carbons (Fsp3) is 0.200. The molecule has 0 radical (unpaired) electrons. The zero-order chi connectivity index (χ0) is 23.3. The van der Waals surface area contributed by atoms with Crippen LogP contribution in [0.3, 0.4) is 0 Å². The highest BCUT2D eigenvalue weighted by Crippen LogP contribution is 2.31. The third kappa shape index (κ3) is 3.85. The van der Waals surface area contributed by atoms with Gasteiger partial charge in [0.2, 0.25) is 0 Å². The molecule has 0 spiro atoms. The number of amides is 1. The second kappa shape index (κ2) is 7.53. The molecule has 2 N–H and O–H groups in total. The molecule has 8 nitrogen and oxygen atoms in total. The minimum atomic E-state index is -2.90. The Bertz CT molecular complexity index is 1380. The number of aromatic amines is 1. The molecule has 4 aromatic rings. The summed E-state index contributed by atoms with van der Waals surface area (Å²) in [4.78, 5) is 20.3. The number of carbonyl (C=O) groups excluding carboxylic acids is 1. The van der Waals surface area contributed by atoms with Gasteiger partial charge in [0.05, 0.1) is 35.8 Å². The Morgan fingerprint density at radius 2 is 1.91 bits per heavy atom. The van der Waals surface area contributed by atoms with E-state index in [2.05, 4.69) is 25.6 Å². The van der Waals surface area contributed by atoms with Crippen molar-refractivity contribution in [3.8, 4) is 5.69 Å². The fourth-order valence-electron chi connectivity index (χ4n) is 3.60. The number of rotatable bonds is 4. The van der Waals surface area contributed by atoms with Gasteiger partial charge in [-0.05, 0) is 6.07 Å². The van der Waals surface area contributed by atoms with Gasteiger partial charge in [0.1, 0.15) is 0 Å². The molecule has 1 saturated heterocycles. The normalized spacial score (nSPS) is 15.4. The number of pyridine rings is 1. The smallest absolute Gasteiger partial charge is 0.277 e. The van der Waals surface area contributed by atoms with Crippen LogP contribution in [0.1, 0.15) is 16.9 Å². The van der Waals surface area contributed by atoms with Crippen LogP contribution in [0.5, 0.6) is 0 Å². The highest BCUT2D eigenvalue weighted by Gasteiger charge is 2.39. The van der Waals surface area contributed by atoms with Crippen LogP contribution in [0.25, 0.3) is 16.6 Å². The van der Waals surface area contributed by atoms with Crippen LogP contribution in [-0.2, 0) is 0 Å². The highest BCUT2D eigenvalue weighted by atomic mass is 19.3. The zero-order valence-electron chi connectivity index (χ0n) is 16.6. The third-order valence-corrected chi connectivity index (χ3v) is 5.24. The van der Waals surface area contributed by atoms with Crippen molar-refractivity contribution < 1.29 is 26.7 Å². The molecule has 0 bridgehead atoms. The van der Waals surface area contributed by atoms with Gasteiger partial charge in [0, 0.05) is 36.7 Å². The number of H-pyrrole nitrogens is 1. The van der Waals surface area contributed by atoms with Crippen LogP contribution >= 0.6 is 0 Å². The number of alkyl halides is 2. The van der Waals surface area contributed by atoms with Gasteiger partial charge < -0.3 is 15.2 Å². The average molecular weight is 463 g/mol. The maximum Gasteiger partial charge on any atom is 0.277 e. The topological polar surface area (TPSA) is 91.7 Å². The van der Waals surface area contributed by atoms with E-state index in [4.69, 9.17) is 0 Å². The molecule has 4 heterocycles. The first kappa shape index (κ1) is 20.8. The number of nitrogens with one attached hydrogen (secondary N) is 2. The summed E-state index contributed by atoms with van der Waals surface area (Å²) < 4.78 is 69.3. The minimum Gasteiger partial charge on any atom is -0.359 e. The first-order chi connectivity index (χ1) is 15.7. The monoisotopic (exact) mass is 463 g/mol. The summed E-state index contributed by atoms with van der Waals surface area (Å²) >= 11 is 0. The van der Waals surface area contributed by atoms with Crippen molar-refractivity contribution in [2.75, 3.05) is 23.3 Å². The van der Waals surface area contributed by atoms with E-state index in [0.29, 0.717) is 0 Å². The number of hydrogen-bond acceptors (Lipinski definition) is 5. The van der Waals surface area contributed by atoms with Crippen molar-refractivity contribution >= 4 is 28.3 Å². The van der Waals surface area contributed by atoms with E-state index in [9.17, 15) is 26.7 Å². The number of hydrogen-bond donors (Lipinski definition) is 2. The predicted octanol–water partition coefficient (Wildman–Crippen LogP) is 3.66. The molecule has 0 unspecified atom stereocenters. The van der Waals surface area contributed by atoms with Crippen LogP contribution in [0.4, 0.5) is 33.5 Å². The van der Waals surface area contributed by atoms with Gasteiger partial charge in [0.25, 0.3) is 11.8 Å². The Morgan fingerprint density at radius 1 is 1.12 bits per heavy atom. The summed E-state index contributed by atoms with van der Waals surface area (Å²) in [6.45, 7) is -0.636. The summed E-state index contributed by atoms with van der Waals surface area (Å²) in [5, 5.41) is 10.3. The number of carbonyl (C=O) groups is 1. The van der Waals surface area contributed by atoms with E-state index in [1.54, 1.807) is 0 Å². The van der Waals surface area contributed by atoms with E-state index in [0.717, 1.165) is 27.8 Å². The molecule has 33 heavy (non-hydrogen) atoms. The van der Waals surface area contributed by atoms with Crippen molar-refractivity contribution in [1.82, 2.24) is 25.0 Å². The van der Waals surface area contributed by atoms with Gasteiger partial charge in [-0.25, -0.2) is 31.6 Å². The third-order valence-electron chi connectivity index (χ3n) is 5.24.